The molecule has 0 saturated carbocycles. The lowest BCUT2D eigenvalue weighted by Gasteiger charge is -2.20. The number of carbonyl (C=O) groups excluding carboxylic acids is 1. The van der Waals surface area contributed by atoms with Gasteiger partial charge in [0.2, 0.25) is 5.91 Å². The highest BCUT2D eigenvalue weighted by atomic mass is 16.1. The molecule has 1 amide bonds. The van der Waals surface area contributed by atoms with Gasteiger partial charge in [0.15, 0.2) is 0 Å². The third-order valence-electron chi connectivity index (χ3n) is 4.86. The molecule has 5 heteroatoms. The zero-order valence-corrected chi connectivity index (χ0v) is 15.5. The van der Waals surface area contributed by atoms with Crippen LogP contribution in [-0.4, -0.2) is 15.5 Å². The number of fused-ring (bicyclic) bond motifs is 1. The average Bonchev–Trinajstić information content (AvgIpc) is 3.00. The molecule has 136 valence electrons. The van der Waals surface area contributed by atoms with Gasteiger partial charge in [-0.05, 0) is 59.0 Å². The van der Waals surface area contributed by atoms with Gasteiger partial charge >= 0.3 is 0 Å². The first-order chi connectivity index (χ1) is 13.1. The Morgan fingerprint density at radius 1 is 1.26 bits per heavy atom. The topological polar surface area (TPSA) is 59.0 Å². The molecule has 0 spiro atoms. The number of nitrogens with one attached hydrogen (secondary N) is 2. The van der Waals surface area contributed by atoms with Crippen LogP contribution in [-0.2, 0) is 24.8 Å². The Labute approximate surface area is 158 Å². The van der Waals surface area contributed by atoms with Crippen molar-refractivity contribution in [2.24, 2.45) is 7.05 Å². The van der Waals surface area contributed by atoms with Gasteiger partial charge in [-0.3, -0.25) is 9.78 Å². The lowest BCUT2D eigenvalue weighted by Crippen LogP contribution is -2.33. The number of hydrogen-bond acceptors (Lipinski definition) is 3. The summed E-state index contributed by atoms with van der Waals surface area (Å²) in [6.45, 7) is 2.80. The van der Waals surface area contributed by atoms with E-state index in [0.29, 0.717) is 13.0 Å². The summed E-state index contributed by atoms with van der Waals surface area (Å²) in [5.41, 5.74) is 6.85. The second-order valence-electron chi connectivity index (χ2n) is 6.89. The first kappa shape index (κ1) is 17.1. The maximum atomic E-state index is 12.3. The van der Waals surface area contributed by atoms with Gasteiger partial charge in [0, 0.05) is 37.9 Å². The fraction of sp³-hybridized carbons (Fsp3) is 0.182. The normalized spacial score (nSPS) is 12.7. The molecule has 0 atom stereocenters. The number of carbonyl (C=O) groups is 1. The number of amides is 1. The molecule has 1 aromatic carbocycles. The van der Waals surface area contributed by atoms with Crippen LogP contribution in [0.3, 0.4) is 0 Å². The van der Waals surface area contributed by atoms with Crippen LogP contribution in [0.1, 0.15) is 22.4 Å². The van der Waals surface area contributed by atoms with Crippen molar-refractivity contribution in [3.05, 3.63) is 83.2 Å². The number of pyridine rings is 1. The van der Waals surface area contributed by atoms with Crippen molar-refractivity contribution in [2.75, 3.05) is 0 Å². The van der Waals surface area contributed by atoms with Crippen LogP contribution in [0.2, 0.25) is 0 Å². The fourth-order valence-corrected chi connectivity index (χ4v) is 3.26. The van der Waals surface area contributed by atoms with E-state index in [1.54, 1.807) is 12.4 Å². The Bertz CT molecular complexity index is 999. The second-order valence-corrected chi connectivity index (χ2v) is 6.89. The highest BCUT2D eigenvalue weighted by molar-refractivity contribution is 5.82. The quantitative estimate of drug-likeness (QED) is 0.753. The molecule has 0 unspecified atom stereocenters. The van der Waals surface area contributed by atoms with Crippen LogP contribution in [0.5, 0.6) is 0 Å². The number of hydrogen-bond donors (Lipinski definition) is 2. The number of aryl methyl sites for hydroxylation is 2. The molecule has 0 radical (unpaired) electrons. The minimum absolute atomic E-state index is 0.0555. The molecule has 0 saturated heterocycles. The van der Waals surface area contributed by atoms with E-state index in [2.05, 4.69) is 64.6 Å². The van der Waals surface area contributed by atoms with Crippen LogP contribution in [0, 0.1) is 6.92 Å². The summed E-state index contributed by atoms with van der Waals surface area (Å²) in [6.07, 6.45) is 7.86. The van der Waals surface area contributed by atoms with Crippen LogP contribution in [0.15, 0.2) is 60.8 Å². The van der Waals surface area contributed by atoms with Gasteiger partial charge in [-0.15, -0.1) is 0 Å². The predicted molar refractivity (Wildman–Crippen MR) is 106 cm³/mol. The molecule has 1 aliphatic rings. The van der Waals surface area contributed by atoms with E-state index in [0.717, 1.165) is 16.9 Å². The van der Waals surface area contributed by atoms with E-state index in [-0.39, 0.29) is 5.91 Å². The first-order valence-electron chi connectivity index (χ1n) is 8.99. The molecule has 0 aliphatic carbocycles. The number of benzene rings is 1. The summed E-state index contributed by atoms with van der Waals surface area (Å²) in [6, 6.07) is 12.4. The maximum absolute atomic E-state index is 12.3. The third-order valence-corrected chi connectivity index (χ3v) is 4.86. The molecule has 1 aliphatic heterocycles. The SMILES string of the molecule is Cc1cc(-c2ccc3c(c2)C=C(NC(=O)Cc2cccnc2)NC3)cn1C. The van der Waals surface area contributed by atoms with Gasteiger partial charge < -0.3 is 15.2 Å². The van der Waals surface area contributed by atoms with Crippen LogP contribution < -0.4 is 10.6 Å². The summed E-state index contributed by atoms with van der Waals surface area (Å²) < 4.78 is 2.12. The van der Waals surface area contributed by atoms with Crippen molar-refractivity contribution in [3.8, 4) is 11.1 Å². The van der Waals surface area contributed by atoms with Crippen molar-refractivity contribution in [2.45, 2.75) is 19.9 Å². The summed E-state index contributed by atoms with van der Waals surface area (Å²) in [5, 5.41) is 6.23. The minimum atomic E-state index is -0.0555. The van der Waals surface area contributed by atoms with Crippen molar-refractivity contribution < 1.29 is 4.79 Å². The molecular weight excluding hydrogens is 336 g/mol. The van der Waals surface area contributed by atoms with E-state index in [4.69, 9.17) is 0 Å². The molecule has 3 aromatic rings. The van der Waals surface area contributed by atoms with Gasteiger partial charge in [-0.25, -0.2) is 0 Å². The monoisotopic (exact) mass is 358 g/mol. The Kier molecular flexibility index (Phi) is 4.50. The largest absolute Gasteiger partial charge is 0.367 e. The summed E-state index contributed by atoms with van der Waals surface area (Å²) in [5.74, 6) is 0.679. The second kappa shape index (κ2) is 7.11. The van der Waals surface area contributed by atoms with Gasteiger partial charge in [0.25, 0.3) is 0 Å². The molecule has 3 heterocycles. The van der Waals surface area contributed by atoms with E-state index in [1.165, 1.54) is 22.4 Å². The van der Waals surface area contributed by atoms with E-state index in [1.807, 2.05) is 18.2 Å². The zero-order chi connectivity index (χ0) is 18.8. The highest BCUT2D eigenvalue weighted by Crippen LogP contribution is 2.27. The Hall–Kier alpha value is -3.34. The van der Waals surface area contributed by atoms with Crippen LogP contribution in [0.4, 0.5) is 0 Å². The molecule has 0 fully saturated rings. The third kappa shape index (κ3) is 3.77. The molecule has 0 bridgehead atoms. The molecule has 4 rings (SSSR count). The van der Waals surface area contributed by atoms with E-state index >= 15 is 0 Å². The lowest BCUT2D eigenvalue weighted by atomic mass is 9.98. The predicted octanol–water partition coefficient (Wildman–Crippen LogP) is 3.16. The summed E-state index contributed by atoms with van der Waals surface area (Å²) >= 11 is 0. The van der Waals surface area contributed by atoms with Gasteiger partial charge in [0.1, 0.15) is 5.82 Å². The fourth-order valence-electron chi connectivity index (χ4n) is 3.26. The Morgan fingerprint density at radius 3 is 2.89 bits per heavy atom. The minimum Gasteiger partial charge on any atom is -0.367 e. The molecule has 2 aromatic heterocycles. The number of rotatable bonds is 4. The maximum Gasteiger partial charge on any atom is 0.229 e. The lowest BCUT2D eigenvalue weighted by molar-refractivity contribution is -0.119. The van der Waals surface area contributed by atoms with Gasteiger partial charge in [-0.1, -0.05) is 18.2 Å². The molecular formula is C22H22N4O. The van der Waals surface area contributed by atoms with Crippen molar-refractivity contribution >= 4 is 12.0 Å². The van der Waals surface area contributed by atoms with Crippen LogP contribution >= 0.6 is 0 Å². The Morgan fingerprint density at radius 2 is 2.15 bits per heavy atom. The highest BCUT2D eigenvalue weighted by Gasteiger charge is 2.14. The van der Waals surface area contributed by atoms with E-state index < -0.39 is 0 Å². The summed E-state index contributed by atoms with van der Waals surface area (Å²) in [7, 11) is 2.05. The smallest absolute Gasteiger partial charge is 0.229 e. The first-order valence-corrected chi connectivity index (χ1v) is 8.99. The van der Waals surface area contributed by atoms with E-state index in [9.17, 15) is 4.79 Å². The van der Waals surface area contributed by atoms with Crippen molar-refractivity contribution in [1.82, 2.24) is 20.2 Å². The standard InChI is InChI=1S/C22H22N4O/c1-15-8-20(14-26(15)2)17-5-6-18-13-24-21(11-19(18)10-17)25-22(27)9-16-4-3-7-23-12-16/h3-8,10-12,14,24H,9,13H2,1-2H3,(H,25,27). The van der Waals surface area contributed by atoms with Crippen molar-refractivity contribution in [3.63, 3.8) is 0 Å². The molecule has 5 nitrogen and oxygen atoms in total. The van der Waals surface area contributed by atoms with Gasteiger partial charge in [0.05, 0.1) is 6.42 Å². The van der Waals surface area contributed by atoms with Crippen LogP contribution in [0.25, 0.3) is 17.2 Å². The van der Waals surface area contributed by atoms with Gasteiger partial charge in [-0.2, -0.15) is 0 Å². The number of aromatic nitrogens is 2. The molecule has 2 N–H and O–H groups in total. The van der Waals surface area contributed by atoms with Crippen molar-refractivity contribution in [1.29, 1.82) is 0 Å². The average molecular weight is 358 g/mol. The summed E-state index contributed by atoms with van der Waals surface area (Å²) in [4.78, 5) is 16.3. The Balaban J connectivity index is 1.53. The number of nitrogens with zero attached hydrogens (tertiary/aromatic N) is 2. The molecule has 27 heavy (non-hydrogen) atoms. The zero-order valence-electron chi connectivity index (χ0n) is 15.5.